The van der Waals surface area contributed by atoms with Crippen LogP contribution in [0.3, 0.4) is 0 Å². The van der Waals surface area contributed by atoms with Crippen LogP contribution in [-0.4, -0.2) is 25.9 Å². The number of aryl methyl sites for hydroxylation is 1. The van der Waals surface area contributed by atoms with Crippen molar-refractivity contribution < 1.29 is 20.1 Å². The highest BCUT2D eigenvalue weighted by atomic mass is 16.4. The molecule has 1 heterocycles. The smallest absolute Gasteiger partial charge is 0.338 e. The van der Waals surface area contributed by atoms with Gasteiger partial charge >= 0.3 is 5.97 Å². The first-order valence-electron chi connectivity index (χ1n) is 4.70. The van der Waals surface area contributed by atoms with Gasteiger partial charge in [0.15, 0.2) is 6.10 Å². The molecule has 3 N–H and O–H groups in total. The number of benzene rings is 1. The van der Waals surface area contributed by atoms with Gasteiger partial charge in [-0.15, -0.1) is 0 Å². The van der Waals surface area contributed by atoms with Crippen LogP contribution in [0.25, 0.3) is 10.9 Å². The molecule has 0 bridgehead atoms. The SMILES string of the molecule is Cn1c(C(O)C(=O)O)cc2c(O)cccc21. The number of carboxylic acid groups (broad SMARTS) is 1. The Morgan fingerprint density at radius 1 is 1.44 bits per heavy atom. The van der Waals surface area contributed by atoms with Crippen LogP contribution in [0.2, 0.25) is 0 Å². The number of phenolic OH excluding ortho intramolecular Hbond substituents is 1. The van der Waals surface area contributed by atoms with E-state index in [0.29, 0.717) is 10.9 Å². The zero-order valence-electron chi connectivity index (χ0n) is 8.58. The monoisotopic (exact) mass is 221 g/mol. The molecule has 0 aliphatic rings. The molecule has 0 radical (unpaired) electrons. The van der Waals surface area contributed by atoms with Crippen LogP contribution in [0.15, 0.2) is 24.3 Å². The summed E-state index contributed by atoms with van der Waals surface area (Å²) in [7, 11) is 1.64. The Balaban J connectivity index is 2.69. The van der Waals surface area contributed by atoms with E-state index in [0.717, 1.165) is 0 Å². The zero-order valence-corrected chi connectivity index (χ0v) is 8.58. The zero-order chi connectivity index (χ0) is 11.9. The number of hydrogen-bond donors (Lipinski definition) is 3. The molecule has 5 heteroatoms. The highest BCUT2D eigenvalue weighted by molar-refractivity contribution is 5.88. The van der Waals surface area contributed by atoms with Gasteiger partial charge < -0.3 is 19.9 Å². The molecular weight excluding hydrogens is 210 g/mol. The number of aliphatic carboxylic acids is 1. The van der Waals surface area contributed by atoms with Gasteiger partial charge in [-0.05, 0) is 18.2 Å². The Morgan fingerprint density at radius 2 is 2.12 bits per heavy atom. The van der Waals surface area contributed by atoms with E-state index < -0.39 is 12.1 Å². The Morgan fingerprint density at radius 3 is 2.69 bits per heavy atom. The van der Waals surface area contributed by atoms with E-state index in [9.17, 15) is 15.0 Å². The maximum absolute atomic E-state index is 10.7. The summed E-state index contributed by atoms with van der Waals surface area (Å²) in [6, 6.07) is 6.39. The number of fused-ring (bicyclic) bond motifs is 1. The second-order valence-electron chi connectivity index (χ2n) is 3.58. The highest BCUT2D eigenvalue weighted by Crippen LogP contribution is 2.29. The average Bonchev–Trinajstić information content (AvgIpc) is 2.57. The largest absolute Gasteiger partial charge is 0.507 e. The number of nitrogens with zero attached hydrogens (tertiary/aromatic N) is 1. The number of aliphatic hydroxyl groups is 1. The van der Waals surface area contributed by atoms with Crippen LogP contribution >= 0.6 is 0 Å². The molecule has 16 heavy (non-hydrogen) atoms. The predicted octanol–water partition coefficient (Wildman–Crippen LogP) is 1.00. The first-order chi connectivity index (χ1) is 7.52. The number of carboxylic acids is 1. The summed E-state index contributed by atoms with van der Waals surface area (Å²) in [4.78, 5) is 10.7. The number of aromatic hydroxyl groups is 1. The number of rotatable bonds is 2. The molecule has 2 aromatic rings. The van der Waals surface area contributed by atoms with Crippen molar-refractivity contribution in [3.63, 3.8) is 0 Å². The third-order valence-electron chi connectivity index (χ3n) is 2.62. The Kier molecular flexibility index (Phi) is 2.32. The van der Waals surface area contributed by atoms with Crippen molar-refractivity contribution in [2.45, 2.75) is 6.10 Å². The molecule has 0 saturated carbocycles. The minimum atomic E-state index is -1.59. The normalized spacial score (nSPS) is 12.9. The molecule has 2 rings (SSSR count). The van der Waals surface area contributed by atoms with Crippen molar-refractivity contribution in [2.75, 3.05) is 0 Å². The van der Waals surface area contributed by atoms with Crippen molar-refractivity contribution in [3.8, 4) is 5.75 Å². The summed E-state index contributed by atoms with van der Waals surface area (Å²) >= 11 is 0. The van der Waals surface area contributed by atoms with Gasteiger partial charge in [0.05, 0.1) is 11.2 Å². The van der Waals surface area contributed by atoms with Gasteiger partial charge in [0.25, 0.3) is 0 Å². The highest BCUT2D eigenvalue weighted by Gasteiger charge is 2.21. The minimum absolute atomic E-state index is 0.0666. The van der Waals surface area contributed by atoms with Crippen LogP contribution in [0.5, 0.6) is 5.75 Å². The van der Waals surface area contributed by atoms with Gasteiger partial charge in [-0.25, -0.2) is 4.79 Å². The topological polar surface area (TPSA) is 82.7 Å². The molecular formula is C11H11NO4. The summed E-state index contributed by atoms with van der Waals surface area (Å²) in [5, 5.41) is 28.3. The quantitative estimate of drug-likeness (QED) is 0.706. The Bertz CT molecular complexity index is 558. The lowest BCUT2D eigenvalue weighted by Crippen LogP contribution is -2.13. The van der Waals surface area contributed by atoms with Crippen LogP contribution in [0.1, 0.15) is 11.8 Å². The number of hydrogen-bond acceptors (Lipinski definition) is 3. The number of carbonyl (C=O) groups is 1. The van der Waals surface area contributed by atoms with Gasteiger partial charge in [-0.1, -0.05) is 6.07 Å². The molecule has 0 amide bonds. The molecule has 1 unspecified atom stereocenters. The van der Waals surface area contributed by atoms with Crippen molar-refractivity contribution in [3.05, 3.63) is 30.0 Å². The summed E-state index contributed by atoms with van der Waals surface area (Å²) in [6.45, 7) is 0. The summed E-state index contributed by atoms with van der Waals surface area (Å²) < 4.78 is 1.55. The van der Waals surface area contributed by atoms with E-state index in [-0.39, 0.29) is 11.4 Å². The molecule has 0 spiro atoms. The van der Waals surface area contributed by atoms with E-state index in [2.05, 4.69) is 0 Å². The molecule has 0 fully saturated rings. The second-order valence-corrected chi connectivity index (χ2v) is 3.58. The second kappa shape index (κ2) is 3.53. The van der Waals surface area contributed by atoms with E-state index in [1.54, 1.807) is 23.7 Å². The molecule has 0 aliphatic heterocycles. The minimum Gasteiger partial charge on any atom is -0.507 e. The van der Waals surface area contributed by atoms with E-state index in [1.807, 2.05) is 0 Å². The average molecular weight is 221 g/mol. The number of phenols is 1. The first-order valence-corrected chi connectivity index (χ1v) is 4.70. The fourth-order valence-corrected chi connectivity index (χ4v) is 1.75. The van der Waals surface area contributed by atoms with Crippen LogP contribution in [0.4, 0.5) is 0 Å². The number of aromatic nitrogens is 1. The van der Waals surface area contributed by atoms with Crippen molar-refractivity contribution >= 4 is 16.9 Å². The van der Waals surface area contributed by atoms with Crippen molar-refractivity contribution in [1.82, 2.24) is 4.57 Å². The van der Waals surface area contributed by atoms with Gasteiger partial charge in [-0.3, -0.25) is 0 Å². The summed E-state index contributed by atoms with van der Waals surface area (Å²) in [6.07, 6.45) is -1.59. The van der Waals surface area contributed by atoms with Gasteiger partial charge in [0.1, 0.15) is 5.75 Å². The predicted molar refractivity (Wildman–Crippen MR) is 57.2 cm³/mol. The van der Waals surface area contributed by atoms with Crippen LogP contribution in [0, 0.1) is 0 Å². The first kappa shape index (κ1) is 10.5. The maximum Gasteiger partial charge on any atom is 0.338 e. The van der Waals surface area contributed by atoms with Crippen molar-refractivity contribution in [1.29, 1.82) is 0 Å². The lowest BCUT2D eigenvalue weighted by Gasteiger charge is -2.06. The van der Waals surface area contributed by atoms with Gasteiger partial charge in [0.2, 0.25) is 0 Å². The maximum atomic E-state index is 10.7. The molecule has 0 saturated heterocycles. The van der Waals surface area contributed by atoms with Crippen molar-refractivity contribution in [2.24, 2.45) is 7.05 Å². The standard InChI is InChI=1S/C11H11NO4/c1-12-7-3-2-4-9(13)6(7)5-8(12)10(14)11(15)16/h2-5,10,13-14H,1H3,(H,15,16). The Hall–Kier alpha value is -2.01. The van der Waals surface area contributed by atoms with E-state index in [1.165, 1.54) is 12.1 Å². The van der Waals surface area contributed by atoms with E-state index >= 15 is 0 Å². The third kappa shape index (κ3) is 1.42. The lowest BCUT2D eigenvalue weighted by molar-refractivity contribution is -0.147. The summed E-state index contributed by atoms with van der Waals surface area (Å²) in [5.41, 5.74) is 0.916. The van der Waals surface area contributed by atoms with E-state index in [4.69, 9.17) is 5.11 Å². The summed E-state index contributed by atoms with van der Waals surface area (Å²) in [5.74, 6) is -1.25. The fourth-order valence-electron chi connectivity index (χ4n) is 1.75. The fraction of sp³-hybridized carbons (Fsp3) is 0.182. The lowest BCUT2D eigenvalue weighted by atomic mass is 10.2. The van der Waals surface area contributed by atoms with Crippen LogP contribution < -0.4 is 0 Å². The van der Waals surface area contributed by atoms with Crippen LogP contribution in [-0.2, 0) is 11.8 Å². The molecule has 1 atom stereocenters. The molecule has 5 nitrogen and oxygen atoms in total. The molecule has 1 aromatic heterocycles. The Labute approximate surface area is 91.2 Å². The molecule has 0 aliphatic carbocycles. The van der Waals surface area contributed by atoms with Gasteiger partial charge in [0, 0.05) is 12.4 Å². The molecule has 84 valence electrons. The third-order valence-corrected chi connectivity index (χ3v) is 2.62. The van der Waals surface area contributed by atoms with Gasteiger partial charge in [-0.2, -0.15) is 0 Å². The molecule has 1 aromatic carbocycles. The number of aliphatic hydroxyl groups excluding tert-OH is 1.